The van der Waals surface area contributed by atoms with Crippen LogP contribution in [0.4, 0.5) is 0 Å². The van der Waals surface area contributed by atoms with E-state index < -0.39 is 5.97 Å². The number of carbonyl (C=O) groups is 2. The molecular formula is C23H20O4. The van der Waals surface area contributed by atoms with Gasteiger partial charge in [0.05, 0.1) is 5.56 Å². The molecule has 136 valence electrons. The van der Waals surface area contributed by atoms with Crippen LogP contribution in [0.2, 0.25) is 0 Å². The molecule has 0 amide bonds. The second-order valence-corrected chi connectivity index (χ2v) is 6.07. The zero-order valence-corrected chi connectivity index (χ0v) is 15.1. The van der Waals surface area contributed by atoms with Gasteiger partial charge in [-0.05, 0) is 30.2 Å². The second-order valence-electron chi connectivity index (χ2n) is 6.07. The van der Waals surface area contributed by atoms with Crippen LogP contribution in [0, 0.1) is 0 Å². The van der Waals surface area contributed by atoms with Gasteiger partial charge < -0.3 is 9.47 Å². The van der Waals surface area contributed by atoms with Crippen molar-refractivity contribution in [3.05, 3.63) is 101 Å². The highest BCUT2D eigenvalue weighted by Gasteiger charge is 2.20. The van der Waals surface area contributed by atoms with Gasteiger partial charge in [-0.1, -0.05) is 66.7 Å². The third-order valence-corrected chi connectivity index (χ3v) is 4.05. The number of rotatable bonds is 7. The number of para-hydroxylation sites is 1. The summed E-state index contributed by atoms with van der Waals surface area (Å²) in [4.78, 5) is 24.6. The van der Waals surface area contributed by atoms with Crippen molar-refractivity contribution in [1.82, 2.24) is 0 Å². The highest BCUT2D eigenvalue weighted by molar-refractivity contribution is 6.02. The Morgan fingerprint density at radius 3 is 1.85 bits per heavy atom. The number of ether oxygens (including phenoxy) is 2. The van der Waals surface area contributed by atoms with Crippen LogP contribution in [0.1, 0.15) is 38.8 Å². The molecule has 0 aliphatic carbocycles. The zero-order valence-electron chi connectivity index (χ0n) is 15.1. The minimum Gasteiger partial charge on any atom is -0.487 e. The average molecular weight is 360 g/mol. The van der Waals surface area contributed by atoms with Gasteiger partial charge in [0.2, 0.25) is 0 Å². The SMILES string of the molecule is CC(=O)c1cccc(C(=O)OCc2ccccc2)c1OCc1ccccc1. The summed E-state index contributed by atoms with van der Waals surface area (Å²) in [5.41, 5.74) is 2.44. The van der Waals surface area contributed by atoms with Crippen LogP contribution < -0.4 is 4.74 Å². The van der Waals surface area contributed by atoms with Crippen LogP contribution in [0.5, 0.6) is 5.75 Å². The molecule has 0 atom stereocenters. The predicted molar refractivity (Wildman–Crippen MR) is 103 cm³/mol. The molecule has 0 spiro atoms. The Hall–Kier alpha value is -3.40. The van der Waals surface area contributed by atoms with Gasteiger partial charge in [0.25, 0.3) is 0 Å². The number of Topliss-reactive ketones (excluding diaryl/α,β-unsaturated/α-hetero) is 1. The quantitative estimate of drug-likeness (QED) is 0.447. The molecule has 3 aromatic rings. The number of carbonyl (C=O) groups excluding carboxylic acids is 2. The molecule has 4 nitrogen and oxygen atoms in total. The van der Waals surface area contributed by atoms with Crippen molar-refractivity contribution in [3.63, 3.8) is 0 Å². The molecule has 0 aromatic heterocycles. The number of ketones is 1. The number of benzene rings is 3. The van der Waals surface area contributed by atoms with Gasteiger partial charge in [-0.2, -0.15) is 0 Å². The molecule has 0 aliphatic heterocycles. The number of hydrogen-bond donors (Lipinski definition) is 0. The maximum Gasteiger partial charge on any atom is 0.342 e. The third kappa shape index (κ3) is 4.82. The van der Waals surface area contributed by atoms with E-state index >= 15 is 0 Å². The van der Waals surface area contributed by atoms with E-state index in [0.29, 0.717) is 5.56 Å². The Labute approximate surface area is 158 Å². The van der Waals surface area contributed by atoms with Gasteiger partial charge in [-0.25, -0.2) is 4.79 Å². The molecule has 0 heterocycles. The molecule has 0 aliphatic rings. The van der Waals surface area contributed by atoms with Crippen molar-refractivity contribution in [2.45, 2.75) is 20.1 Å². The van der Waals surface area contributed by atoms with E-state index in [9.17, 15) is 9.59 Å². The third-order valence-electron chi connectivity index (χ3n) is 4.05. The summed E-state index contributed by atoms with van der Waals surface area (Å²) in [6.07, 6.45) is 0. The largest absolute Gasteiger partial charge is 0.487 e. The lowest BCUT2D eigenvalue weighted by molar-refractivity contribution is 0.0467. The van der Waals surface area contributed by atoms with Crippen molar-refractivity contribution < 1.29 is 19.1 Å². The summed E-state index contributed by atoms with van der Waals surface area (Å²) < 4.78 is 11.3. The molecule has 0 bridgehead atoms. The first-order chi connectivity index (χ1) is 13.1. The Morgan fingerprint density at radius 2 is 1.26 bits per heavy atom. The predicted octanol–water partition coefficient (Wildman–Crippen LogP) is 4.83. The van der Waals surface area contributed by atoms with Crippen LogP contribution in [0.25, 0.3) is 0 Å². The lowest BCUT2D eigenvalue weighted by Crippen LogP contribution is -2.11. The first-order valence-corrected chi connectivity index (χ1v) is 8.67. The van der Waals surface area contributed by atoms with E-state index in [0.717, 1.165) is 11.1 Å². The van der Waals surface area contributed by atoms with Gasteiger partial charge in [0.15, 0.2) is 5.78 Å². The maximum atomic E-state index is 12.6. The van der Waals surface area contributed by atoms with Crippen LogP contribution in [-0.4, -0.2) is 11.8 Å². The molecule has 0 saturated heterocycles. The van der Waals surface area contributed by atoms with Crippen LogP contribution in [-0.2, 0) is 18.0 Å². The summed E-state index contributed by atoms with van der Waals surface area (Å²) in [5, 5.41) is 0. The summed E-state index contributed by atoms with van der Waals surface area (Å²) in [6, 6.07) is 23.9. The molecule has 3 rings (SSSR count). The van der Waals surface area contributed by atoms with E-state index in [4.69, 9.17) is 9.47 Å². The molecule has 0 unspecified atom stereocenters. The fourth-order valence-electron chi connectivity index (χ4n) is 2.66. The lowest BCUT2D eigenvalue weighted by Gasteiger charge is -2.14. The fourth-order valence-corrected chi connectivity index (χ4v) is 2.66. The molecule has 3 aromatic carbocycles. The van der Waals surface area contributed by atoms with Gasteiger partial charge in [-0.3, -0.25) is 4.79 Å². The van der Waals surface area contributed by atoms with E-state index in [-0.39, 0.29) is 30.3 Å². The highest BCUT2D eigenvalue weighted by Crippen LogP contribution is 2.27. The highest BCUT2D eigenvalue weighted by atomic mass is 16.5. The van der Waals surface area contributed by atoms with Crippen molar-refractivity contribution in [2.75, 3.05) is 0 Å². The van der Waals surface area contributed by atoms with Crippen molar-refractivity contribution >= 4 is 11.8 Å². The van der Waals surface area contributed by atoms with E-state index in [1.165, 1.54) is 6.92 Å². The van der Waals surface area contributed by atoms with Gasteiger partial charge >= 0.3 is 5.97 Å². The van der Waals surface area contributed by atoms with Gasteiger partial charge in [0, 0.05) is 0 Å². The Morgan fingerprint density at radius 1 is 0.704 bits per heavy atom. The van der Waals surface area contributed by atoms with Crippen molar-refractivity contribution in [2.24, 2.45) is 0 Å². The Kier molecular flexibility index (Phi) is 6.00. The van der Waals surface area contributed by atoms with Gasteiger partial charge in [-0.15, -0.1) is 0 Å². The first kappa shape index (κ1) is 18.4. The van der Waals surface area contributed by atoms with E-state index in [1.54, 1.807) is 18.2 Å². The number of esters is 1. The molecular weight excluding hydrogens is 340 g/mol. The Bertz CT molecular complexity index is 918. The summed E-state index contributed by atoms with van der Waals surface area (Å²) >= 11 is 0. The van der Waals surface area contributed by atoms with E-state index in [2.05, 4.69) is 0 Å². The smallest absolute Gasteiger partial charge is 0.342 e. The second kappa shape index (κ2) is 8.81. The molecule has 4 heteroatoms. The Balaban J connectivity index is 1.81. The lowest BCUT2D eigenvalue weighted by atomic mass is 10.1. The van der Waals surface area contributed by atoms with Crippen LogP contribution in [0.15, 0.2) is 78.9 Å². The fraction of sp³-hybridized carbons (Fsp3) is 0.130. The summed E-state index contributed by atoms with van der Waals surface area (Å²) in [5.74, 6) is -0.437. The summed E-state index contributed by atoms with van der Waals surface area (Å²) in [7, 11) is 0. The standard InChI is InChI=1S/C23H20O4/c1-17(24)20-13-8-14-21(22(20)26-15-18-9-4-2-5-10-18)23(25)27-16-19-11-6-3-7-12-19/h2-14H,15-16H2,1H3. The molecule has 0 fully saturated rings. The monoisotopic (exact) mass is 360 g/mol. The summed E-state index contributed by atoms with van der Waals surface area (Å²) in [6.45, 7) is 1.86. The minimum atomic E-state index is -0.523. The minimum absolute atomic E-state index is 0.155. The average Bonchev–Trinajstić information content (AvgIpc) is 2.71. The van der Waals surface area contributed by atoms with Crippen LogP contribution in [0.3, 0.4) is 0 Å². The molecule has 27 heavy (non-hydrogen) atoms. The van der Waals surface area contributed by atoms with Crippen molar-refractivity contribution in [1.29, 1.82) is 0 Å². The van der Waals surface area contributed by atoms with Crippen molar-refractivity contribution in [3.8, 4) is 5.75 Å². The van der Waals surface area contributed by atoms with E-state index in [1.807, 2.05) is 60.7 Å². The molecule has 0 radical (unpaired) electrons. The first-order valence-electron chi connectivity index (χ1n) is 8.67. The normalized spacial score (nSPS) is 10.3. The topological polar surface area (TPSA) is 52.6 Å². The zero-order chi connectivity index (χ0) is 19.1. The van der Waals surface area contributed by atoms with Gasteiger partial charge in [0.1, 0.15) is 24.5 Å². The molecule has 0 N–H and O–H groups in total. The molecule has 0 saturated carbocycles. The maximum absolute atomic E-state index is 12.6. The van der Waals surface area contributed by atoms with Crippen LogP contribution >= 0.6 is 0 Å². The number of hydrogen-bond acceptors (Lipinski definition) is 4.